The maximum atomic E-state index is 10.9. The number of carbonyl (C=O) groups is 1. The predicted molar refractivity (Wildman–Crippen MR) is 79.6 cm³/mol. The normalized spacial score (nSPS) is 10.2. The Hall–Kier alpha value is -1.81. The maximum Gasteiger partial charge on any atom is 0.335 e. The van der Waals surface area contributed by atoms with Crippen molar-refractivity contribution in [2.45, 2.75) is 13.5 Å². The minimum absolute atomic E-state index is 0.341. The van der Waals surface area contributed by atoms with Gasteiger partial charge < -0.3 is 10.4 Å². The number of hydrogen-bond donors (Lipinski definition) is 2. The maximum absolute atomic E-state index is 10.9. The van der Waals surface area contributed by atoms with Crippen molar-refractivity contribution in [3.63, 3.8) is 0 Å². The Balaban J connectivity index is 2.08. The van der Waals surface area contributed by atoms with Gasteiger partial charge in [0.15, 0.2) is 0 Å². The highest BCUT2D eigenvalue weighted by Gasteiger charge is 2.06. The summed E-state index contributed by atoms with van der Waals surface area (Å²) in [7, 11) is 0. The van der Waals surface area contributed by atoms with Crippen LogP contribution >= 0.6 is 15.9 Å². The van der Waals surface area contributed by atoms with Gasteiger partial charge in [-0.1, -0.05) is 28.1 Å². The predicted octanol–water partition coefficient (Wildman–Crippen LogP) is 4.07. The molecule has 0 atom stereocenters. The lowest BCUT2D eigenvalue weighted by molar-refractivity contribution is 0.0696. The van der Waals surface area contributed by atoms with Gasteiger partial charge in [-0.25, -0.2) is 4.79 Å². The Bertz CT molecular complexity index is 611. The Labute approximate surface area is 120 Å². The van der Waals surface area contributed by atoms with Crippen LogP contribution in [0.2, 0.25) is 0 Å². The molecule has 0 bridgehead atoms. The fraction of sp³-hybridized carbons (Fsp3) is 0.133. The topological polar surface area (TPSA) is 49.3 Å². The second kappa shape index (κ2) is 5.89. The first-order chi connectivity index (χ1) is 9.06. The lowest BCUT2D eigenvalue weighted by Crippen LogP contribution is -2.03. The first kappa shape index (κ1) is 13.6. The van der Waals surface area contributed by atoms with E-state index in [1.54, 1.807) is 19.1 Å². The summed E-state index contributed by atoms with van der Waals surface area (Å²) in [5.74, 6) is -0.893. The third kappa shape index (κ3) is 3.58. The molecule has 2 aromatic rings. The highest BCUT2D eigenvalue weighted by molar-refractivity contribution is 9.10. The van der Waals surface area contributed by atoms with Gasteiger partial charge in [0.2, 0.25) is 0 Å². The van der Waals surface area contributed by atoms with Gasteiger partial charge in [0.1, 0.15) is 0 Å². The molecule has 0 radical (unpaired) electrons. The summed E-state index contributed by atoms with van der Waals surface area (Å²) in [6, 6.07) is 13.3. The van der Waals surface area contributed by atoms with Crippen LogP contribution in [-0.4, -0.2) is 11.1 Å². The van der Waals surface area contributed by atoms with E-state index in [-0.39, 0.29) is 0 Å². The molecule has 0 fully saturated rings. The molecule has 2 N–H and O–H groups in total. The molecule has 19 heavy (non-hydrogen) atoms. The molecule has 0 aromatic heterocycles. The van der Waals surface area contributed by atoms with Crippen LogP contribution in [-0.2, 0) is 6.54 Å². The van der Waals surface area contributed by atoms with Gasteiger partial charge >= 0.3 is 5.97 Å². The molecule has 3 nitrogen and oxygen atoms in total. The van der Waals surface area contributed by atoms with E-state index in [1.165, 1.54) is 0 Å². The molecule has 0 amide bonds. The quantitative estimate of drug-likeness (QED) is 0.893. The minimum atomic E-state index is -0.893. The molecule has 0 saturated heterocycles. The van der Waals surface area contributed by atoms with E-state index in [0.717, 1.165) is 21.3 Å². The van der Waals surface area contributed by atoms with Crippen LogP contribution in [0, 0.1) is 6.92 Å². The van der Waals surface area contributed by atoms with Crippen molar-refractivity contribution in [2.75, 3.05) is 5.32 Å². The van der Waals surface area contributed by atoms with E-state index in [4.69, 9.17) is 5.11 Å². The van der Waals surface area contributed by atoms with Gasteiger partial charge in [-0.05, 0) is 48.4 Å². The number of rotatable bonds is 4. The van der Waals surface area contributed by atoms with E-state index in [1.807, 2.05) is 30.3 Å². The fourth-order valence-electron chi connectivity index (χ4n) is 1.86. The Kier molecular flexibility index (Phi) is 4.22. The number of carboxylic acids is 1. The molecular formula is C15H14BrNO2. The second-order valence-corrected chi connectivity index (χ2v) is 5.23. The van der Waals surface area contributed by atoms with Crippen LogP contribution in [0.15, 0.2) is 46.9 Å². The van der Waals surface area contributed by atoms with E-state index in [9.17, 15) is 4.79 Å². The summed E-state index contributed by atoms with van der Waals surface area (Å²) in [6.07, 6.45) is 0. The highest BCUT2D eigenvalue weighted by atomic mass is 79.9. The van der Waals surface area contributed by atoms with Gasteiger partial charge in [0, 0.05) is 16.7 Å². The summed E-state index contributed by atoms with van der Waals surface area (Å²) < 4.78 is 1.05. The number of hydrogen-bond acceptors (Lipinski definition) is 2. The smallest absolute Gasteiger partial charge is 0.335 e. The summed E-state index contributed by atoms with van der Waals surface area (Å²) in [5.41, 5.74) is 3.18. The SMILES string of the molecule is Cc1cc(NCc2cccc(Br)c2)ccc1C(=O)O. The second-order valence-electron chi connectivity index (χ2n) is 4.32. The fourth-order valence-corrected chi connectivity index (χ4v) is 2.31. The van der Waals surface area contributed by atoms with Crippen molar-refractivity contribution in [3.8, 4) is 0 Å². The third-order valence-corrected chi connectivity index (χ3v) is 3.34. The lowest BCUT2D eigenvalue weighted by atomic mass is 10.1. The van der Waals surface area contributed by atoms with Crippen LogP contribution in [0.25, 0.3) is 0 Å². The largest absolute Gasteiger partial charge is 0.478 e. The van der Waals surface area contributed by atoms with Crippen molar-refractivity contribution >= 4 is 27.6 Å². The van der Waals surface area contributed by atoms with Crippen LogP contribution in [0.3, 0.4) is 0 Å². The molecule has 98 valence electrons. The number of nitrogens with one attached hydrogen (secondary N) is 1. The molecule has 0 spiro atoms. The van der Waals surface area contributed by atoms with Crippen LogP contribution in [0.4, 0.5) is 5.69 Å². The number of halogens is 1. The van der Waals surface area contributed by atoms with Gasteiger partial charge in [0.05, 0.1) is 5.56 Å². The average molecular weight is 320 g/mol. The van der Waals surface area contributed by atoms with E-state index in [2.05, 4.69) is 21.2 Å². The Morgan fingerprint density at radius 2 is 2.05 bits per heavy atom. The number of aryl methyl sites for hydroxylation is 1. The molecular weight excluding hydrogens is 306 g/mol. The van der Waals surface area contributed by atoms with E-state index in [0.29, 0.717) is 12.1 Å². The van der Waals surface area contributed by atoms with Crippen molar-refractivity contribution in [1.82, 2.24) is 0 Å². The number of carboxylic acid groups (broad SMARTS) is 1. The van der Waals surface area contributed by atoms with Crippen LogP contribution < -0.4 is 5.32 Å². The number of anilines is 1. The van der Waals surface area contributed by atoms with Gasteiger partial charge in [0.25, 0.3) is 0 Å². The molecule has 0 aliphatic carbocycles. The number of aromatic carboxylic acids is 1. The molecule has 2 rings (SSSR count). The summed E-state index contributed by atoms with van der Waals surface area (Å²) in [4.78, 5) is 10.9. The summed E-state index contributed by atoms with van der Waals surface area (Å²) in [5, 5.41) is 12.3. The van der Waals surface area contributed by atoms with Gasteiger partial charge in [-0.15, -0.1) is 0 Å². The minimum Gasteiger partial charge on any atom is -0.478 e. The van der Waals surface area contributed by atoms with Gasteiger partial charge in [-0.2, -0.15) is 0 Å². The molecule has 0 aliphatic rings. The van der Waals surface area contributed by atoms with E-state index >= 15 is 0 Å². The van der Waals surface area contributed by atoms with E-state index < -0.39 is 5.97 Å². The molecule has 0 unspecified atom stereocenters. The van der Waals surface area contributed by atoms with Crippen molar-refractivity contribution < 1.29 is 9.90 Å². The van der Waals surface area contributed by atoms with Crippen molar-refractivity contribution in [3.05, 3.63) is 63.6 Å². The molecule has 2 aromatic carbocycles. The zero-order valence-corrected chi connectivity index (χ0v) is 12.1. The zero-order valence-electron chi connectivity index (χ0n) is 10.5. The Morgan fingerprint density at radius 1 is 1.26 bits per heavy atom. The Morgan fingerprint density at radius 3 is 2.68 bits per heavy atom. The average Bonchev–Trinajstić information content (AvgIpc) is 2.36. The first-order valence-corrected chi connectivity index (χ1v) is 6.68. The van der Waals surface area contributed by atoms with Gasteiger partial charge in [-0.3, -0.25) is 0 Å². The van der Waals surface area contributed by atoms with Crippen molar-refractivity contribution in [2.24, 2.45) is 0 Å². The highest BCUT2D eigenvalue weighted by Crippen LogP contribution is 2.17. The molecule has 0 aliphatic heterocycles. The first-order valence-electron chi connectivity index (χ1n) is 5.88. The lowest BCUT2D eigenvalue weighted by Gasteiger charge is -2.09. The summed E-state index contributed by atoms with van der Waals surface area (Å²) >= 11 is 3.43. The third-order valence-electron chi connectivity index (χ3n) is 2.84. The standard InChI is InChI=1S/C15H14BrNO2/c1-10-7-13(5-6-14(10)15(18)19)17-9-11-3-2-4-12(16)8-11/h2-8,17H,9H2,1H3,(H,18,19). The molecule has 4 heteroatoms. The molecule has 0 saturated carbocycles. The monoisotopic (exact) mass is 319 g/mol. The summed E-state index contributed by atoms with van der Waals surface area (Å²) in [6.45, 7) is 2.50. The zero-order chi connectivity index (χ0) is 13.8. The van der Waals surface area contributed by atoms with Crippen LogP contribution in [0.5, 0.6) is 0 Å². The van der Waals surface area contributed by atoms with Crippen molar-refractivity contribution in [1.29, 1.82) is 0 Å². The number of benzene rings is 2. The molecule has 0 heterocycles. The van der Waals surface area contributed by atoms with Crippen LogP contribution in [0.1, 0.15) is 21.5 Å².